The monoisotopic (exact) mass is 266 g/mol. The topological polar surface area (TPSA) is 70.5 Å². The van der Waals surface area contributed by atoms with Crippen molar-refractivity contribution in [2.75, 3.05) is 7.11 Å². The fraction of sp³-hybridized carbons (Fsp3) is 0.308. The van der Waals surface area contributed by atoms with Gasteiger partial charge in [-0.25, -0.2) is 4.39 Å². The Hall–Kier alpha value is -1.92. The maximum Gasteiger partial charge on any atom is 0.165 e. The van der Waals surface area contributed by atoms with Gasteiger partial charge in [-0.3, -0.25) is 0 Å². The molecule has 102 valence electrons. The number of methoxy groups -OCH3 is 1. The minimum atomic E-state index is -0.441. The molecule has 0 amide bonds. The molecule has 0 aliphatic rings. The first-order valence-corrected chi connectivity index (χ1v) is 5.78. The van der Waals surface area contributed by atoms with E-state index < -0.39 is 5.82 Å². The Bertz CT molecular complexity index is 542. The van der Waals surface area contributed by atoms with Crippen molar-refractivity contribution >= 4 is 0 Å². The fourth-order valence-corrected chi connectivity index (χ4v) is 1.66. The highest BCUT2D eigenvalue weighted by molar-refractivity contribution is 5.34. The van der Waals surface area contributed by atoms with Crippen molar-refractivity contribution in [3.8, 4) is 5.75 Å². The summed E-state index contributed by atoms with van der Waals surface area (Å²) in [6, 6.07) is 6.34. The third kappa shape index (κ3) is 3.30. The lowest BCUT2D eigenvalue weighted by Crippen LogP contribution is -2.04. The van der Waals surface area contributed by atoms with Crippen LogP contribution in [0.2, 0.25) is 0 Å². The second-order valence-electron chi connectivity index (χ2n) is 3.94. The molecule has 0 saturated heterocycles. The van der Waals surface area contributed by atoms with Gasteiger partial charge in [0, 0.05) is 25.3 Å². The molecule has 0 bridgehead atoms. The molecule has 0 radical (unpaired) electrons. The van der Waals surface area contributed by atoms with E-state index in [0.717, 1.165) is 0 Å². The van der Waals surface area contributed by atoms with Crippen LogP contribution in [0.15, 0.2) is 28.8 Å². The Labute approximate surface area is 110 Å². The van der Waals surface area contributed by atoms with E-state index in [1.54, 1.807) is 25.3 Å². The van der Waals surface area contributed by atoms with Gasteiger partial charge in [-0.15, -0.1) is 0 Å². The SMILES string of the molecule is COCc1cc(COc2c(F)cccc2CN)no1. The maximum atomic E-state index is 13.6. The average Bonchev–Trinajstić information content (AvgIpc) is 2.85. The van der Waals surface area contributed by atoms with Crippen LogP contribution in [0, 0.1) is 5.82 Å². The van der Waals surface area contributed by atoms with E-state index in [1.165, 1.54) is 6.07 Å². The van der Waals surface area contributed by atoms with Crippen LogP contribution in [0.3, 0.4) is 0 Å². The van der Waals surface area contributed by atoms with Crippen LogP contribution in [0.4, 0.5) is 4.39 Å². The lowest BCUT2D eigenvalue weighted by Gasteiger charge is -2.09. The van der Waals surface area contributed by atoms with E-state index in [1.807, 2.05) is 0 Å². The van der Waals surface area contributed by atoms with Crippen molar-refractivity contribution in [2.45, 2.75) is 19.8 Å². The zero-order chi connectivity index (χ0) is 13.7. The molecule has 2 aromatic rings. The number of hydrogen-bond acceptors (Lipinski definition) is 5. The normalized spacial score (nSPS) is 10.7. The van der Waals surface area contributed by atoms with Gasteiger partial charge in [0.05, 0.1) is 0 Å². The molecule has 0 fully saturated rings. The first-order valence-electron chi connectivity index (χ1n) is 5.78. The van der Waals surface area contributed by atoms with Crippen LogP contribution in [0.5, 0.6) is 5.75 Å². The molecule has 0 saturated carbocycles. The van der Waals surface area contributed by atoms with Crippen LogP contribution in [-0.2, 0) is 24.5 Å². The predicted molar refractivity (Wildman–Crippen MR) is 65.8 cm³/mol. The molecule has 1 aromatic carbocycles. The summed E-state index contributed by atoms with van der Waals surface area (Å²) in [6.45, 7) is 0.655. The zero-order valence-corrected chi connectivity index (χ0v) is 10.6. The van der Waals surface area contributed by atoms with E-state index in [9.17, 15) is 4.39 Å². The molecule has 2 N–H and O–H groups in total. The Morgan fingerprint density at radius 3 is 2.95 bits per heavy atom. The van der Waals surface area contributed by atoms with E-state index in [4.69, 9.17) is 19.7 Å². The third-order valence-electron chi connectivity index (χ3n) is 2.53. The van der Waals surface area contributed by atoms with E-state index in [0.29, 0.717) is 23.6 Å². The highest BCUT2D eigenvalue weighted by Crippen LogP contribution is 2.23. The van der Waals surface area contributed by atoms with E-state index >= 15 is 0 Å². The Morgan fingerprint density at radius 2 is 2.21 bits per heavy atom. The summed E-state index contributed by atoms with van der Waals surface area (Å²) in [5.41, 5.74) is 6.71. The smallest absolute Gasteiger partial charge is 0.165 e. The lowest BCUT2D eigenvalue weighted by molar-refractivity contribution is 0.155. The molecule has 6 heteroatoms. The highest BCUT2D eigenvalue weighted by atomic mass is 19.1. The molecule has 19 heavy (non-hydrogen) atoms. The van der Waals surface area contributed by atoms with E-state index in [2.05, 4.69) is 5.16 Å². The van der Waals surface area contributed by atoms with E-state index in [-0.39, 0.29) is 18.9 Å². The number of rotatable bonds is 6. The number of halogens is 1. The molecule has 5 nitrogen and oxygen atoms in total. The third-order valence-corrected chi connectivity index (χ3v) is 2.53. The first kappa shape index (κ1) is 13.5. The number of ether oxygens (including phenoxy) is 2. The number of aromatic nitrogens is 1. The van der Waals surface area contributed by atoms with Gasteiger partial charge in [0.1, 0.15) is 18.9 Å². The van der Waals surface area contributed by atoms with Gasteiger partial charge in [-0.2, -0.15) is 0 Å². The minimum Gasteiger partial charge on any atom is -0.484 e. The number of benzene rings is 1. The van der Waals surface area contributed by atoms with Crippen molar-refractivity contribution in [2.24, 2.45) is 5.73 Å². The van der Waals surface area contributed by atoms with Gasteiger partial charge in [0.2, 0.25) is 0 Å². The number of hydrogen-bond donors (Lipinski definition) is 1. The number of para-hydroxylation sites is 1. The number of nitrogens with two attached hydrogens (primary N) is 1. The van der Waals surface area contributed by atoms with Gasteiger partial charge < -0.3 is 19.7 Å². The minimum absolute atomic E-state index is 0.112. The molecule has 1 heterocycles. The van der Waals surface area contributed by atoms with Crippen molar-refractivity contribution in [1.82, 2.24) is 5.16 Å². The molecule has 0 spiro atoms. The summed E-state index contributed by atoms with van der Waals surface area (Å²) in [5.74, 6) is 0.304. The molecule has 2 rings (SSSR count). The first-order chi connectivity index (χ1) is 9.24. The zero-order valence-electron chi connectivity index (χ0n) is 10.6. The van der Waals surface area contributed by atoms with Gasteiger partial charge in [-0.1, -0.05) is 17.3 Å². The molecular weight excluding hydrogens is 251 g/mol. The summed E-state index contributed by atoms with van der Waals surface area (Å²) in [4.78, 5) is 0. The van der Waals surface area contributed by atoms with Crippen molar-refractivity contribution < 1.29 is 18.4 Å². The summed E-state index contributed by atoms with van der Waals surface area (Å²) in [6.07, 6.45) is 0. The Kier molecular flexibility index (Phi) is 4.48. The summed E-state index contributed by atoms with van der Waals surface area (Å²) < 4.78 is 29.0. The molecule has 0 aliphatic heterocycles. The summed E-state index contributed by atoms with van der Waals surface area (Å²) in [7, 11) is 1.56. The summed E-state index contributed by atoms with van der Waals surface area (Å²) in [5, 5.41) is 3.80. The van der Waals surface area contributed by atoms with Crippen molar-refractivity contribution in [3.05, 3.63) is 47.1 Å². The van der Waals surface area contributed by atoms with Crippen LogP contribution in [0.25, 0.3) is 0 Å². The summed E-state index contributed by atoms with van der Waals surface area (Å²) >= 11 is 0. The van der Waals surface area contributed by atoms with Crippen LogP contribution in [0.1, 0.15) is 17.0 Å². The van der Waals surface area contributed by atoms with Crippen LogP contribution < -0.4 is 10.5 Å². The van der Waals surface area contributed by atoms with Crippen LogP contribution in [-0.4, -0.2) is 12.3 Å². The van der Waals surface area contributed by atoms with Crippen molar-refractivity contribution in [3.63, 3.8) is 0 Å². The van der Waals surface area contributed by atoms with Gasteiger partial charge in [0.15, 0.2) is 17.3 Å². The Morgan fingerprint density at radius 1 is 1.37 bits per heavy atom. The number of nitrogens with zero attached hydrogens (tertiary/aromatic N) is 1. The second kappa shape index (κ2) is 6.31. The van der Waals surface area contributed by atoms with Crippen LogP contribution >= 0.6 is 0 Å². The Balaban J connectivity index is 2.05. The molecular formula is C13H15FN2O3. The van der Waals surface area contributed by atoms with Gasteiger partial charge in [-0.05, 0) is 6.07 Å². The van der Waals surface area contributed by atoms with Gasteiger partial charge in [0.25, 0.3) is 0 Å². The predicted octanol–water partition coefficient (Wildman–Crippen LogP) is 2.00. The molecule has 0 unspecified atom stereocenters. The standard InChI is InChI=1S/C13H15FN2O3/c1-17-8-11-5-10(16-19-11)7-18-13-9(6-15)3-2-4-12(13)14/h2-5H,6-8,15H2,1H3. The highest BCUT2D eigenvalue weighted by Gasteiger charge is 2.10. The lowest BCUT2D eigenvalue weighted by atomic mass is 10.2. The largest absolute Gasteiger partial charge is 0.484 e. The second-order valence-corrected chi connectivity index (χ2v) is 3.94. The van der Waals surface area contributed by atoms with Gasteiger partial charge >= 0.3 is 0 Å². The quantitative estimate of drug-likeness (QED) is 0.865. The fourth-order valence-electron chi connectivity index (χ4n) is 1.66. The maximum absolute atomic E-state index is 13.6. The van der Waals surface area contributed by atoms with Crippen molar-refractivity contribution in [1.29, 1.82) is 0 Å². The molecule has 1 aromatic heterocycles. The molecule has 0 aliphatic carbocycles. The average molecular weight is 266 g/mol. The molecule has 0 atom stereocenters.